The quantitative estimate of drug-likeness (QED) is 0.695. The van der Waals surface area contributed by atoms with Crippen molar-refractivity contribution in [2.45, 2.75) is 33.6 Å². The van der Waals surface area contributed by atoms with Gasteiger partial charge in [0.15, 0.2) is 6.61 Å². The number of benzene rings is 1. The summed E-state index contributed by atoms with van der Waals surface area (Å²) in [6.07, 6.45) is 4.21. The molecule has 28 heavy (non-hydrogen) atoms. The molecule has 1 aromatic carbocycles. The highest BCUT2D eigenvalue weighted by Gasteiger charge is 2.09. The second kappa shape index (κ2) is 10.2. The first-order valence-electron chi connectivity index (χ1n) is 9.15. The summed E-state index contributed by atoms with van der Waals surface area (Å²) in [7, 11) is 0. The zero-order valence-corrected chi connectivity index (χ0v) is 16.5. The maximum absolute atomic E-state index is 12.0. The lowest BCUT2D eigenvalue weighted by atomic mass is 10.1. The van der Waals surface area contributed by atoms with Crippen LogP contribution < -0.4 is 15.4 Å². The van der Waals surface area contributed by atoms with Crippen LogP contribution in [0.3, 0.4) is 0 Å². The van der Waals surface area contributed by atoms with Crippen molar-refractivity contribution in [2.24, 2.45) is 0 Å². The number of hydrogen-bond acceptors (Lipinski definition) is 5. The monoisotopic (exact) mass is 382 g/mol. The molecule has 0 saturated carbocycles. The first-order valence-corrected chi connectivity index (χ1v) is 9.15. The second-order valence-electron chi connectivity index (χ2n) is 6.44. The second-order valence-corrected chi connectivity index (χ2v) is 6.44. The number of hydrogen-bond donors (Lipinski definition) is 2. The molecule has 2 N–H and O–H groups in total. The summed E-state index contributed by atoms with van der Waals surface area (Å²) in [5.41, 5.74) is 3.86. The SMILES string of the molecule is C=C(CCNC(=O)c1cnc(CC)cn1)NC(=O)COc1ccc(C)c(C)c1. The number of aryl methyl sites for hydroxylation is 3. The van der Waals surface area contributed by atoms with Crippen molar-refractivity contribution >= 4 is 11.8 Å². The standard InChI is InChI=1S/C21H26N4O3/c1-5-17-11-24-19(12-23-17)21(27)22-9-8-16(4)25-20(26)13-28-18-7-6-14(2)15(3)10-18/h6-7,10-12H,4-5,8-9,13H2,1-3H3,(H,22,27)(H,25,26). The first-order chi connectivity index (χ1) is 13.4. The third-order valence-corrected chi connectivity index (χ3v) is 4.18. The van der Waals surface area contributed by atoms with Gasteiger partial charge in [0.1, 0.15) is 11.4 Å². The van der Waals surface area contributed by atoms with Crippen molar-refractivity contribution in [3.8, 4) is 5.75 Å². The summed E-state index contributed by atoms with van der Waals surface area (Å²) < 4.78 is 5.49. The van der Waals surface area contributed by atoms with Crippen LogP contribution in [0.1, 0.15) is 40.7 Å². The molecule has 2 amide bonds. The zero-order chi connectivity index (χ0) is 20.5. The van der Waals surface area contributed by atoms with Gasteiger partial charge in [-0.15, -0.1) is 0 Å². The molecule has 0 unspecified atom stereocenters. The Labute approximate surface area is 165 Å². The predicted octanol–water partition coefficient (Wildman–Crippen LogP) is 2.48. The number of rotatable bonds is 9. The lowest BCUT2D eigenvalue weighted by molar-refractivity contribution is -0.122. The van der Waals surface area contributed by atoms with E-state index in [1.54, 1.807) is 6.20 Å². The van der Waals surface area contributed by atoms with Crippen LogP contribution in [-0.4, -0.2) is 34.9 Å². The molecule has 1 heterocycles. The molecular weight excluding hydrogens is 356 g/mol. The molecule has 0 spiro atoms. The number of nitrogens with one attached hydrogen (secondary N) is 2. The Bertz CT molecular complexity index is 847. The zero-order valence-electron chi connectivity index (χ0n) is 16.5. The van der Waals surface area contributed by atoms with Crippen molar-refractivity contribution in [3.63, 3.8) is 0 Å². The van der Waals surface area contributed by atoms with Gasteiger partial charge in [0.05, 0.1) is 11.9 Å². The molecule has 0 fully saturated rings. The van der Waals surface area contributed by atoms with E-state index < -0.39 is 0 Å². The molecule has 0 aliphatic heterocycles. The van der Waals surface area contributed by atoms with E-state index in [4.69, 9.17) is 4.74 Å². The van der Waals surface area contributed by atoms with Crippen molar-refractivity contribution in [1.29, 1.82) is 0 Å². The fourth-order valence-corrected chi connectivity index (χ4v) is 2.32. The third-order valence-electron chi connectivity index (χ3n) is 4.18. The van der Waals surface area contributed by atoms with Crippen LogP contribution in [0.4, 0.5) is 0 Å². The van der Waals surface area contributed by atoms with Crippen LogP contribution in [0.2, 0.25) is 0 Å². The van der Waals surface area contributed by atoms with Crippen LogP contribution in [0.15, 0.2) is 42.9 Å². The molecule has 0 aliphatic carbocycles. The summed E-state index contributed by atoms with van der Waals surface area (Å²) in [6.45, 7) is 10.00. The van der Waals surface area contributed by atoms with Crippen molar-refractivity contribution in [3.05, 3.63) is 65.4 Å². The van der Waals surface area contributed by atoms with Crippen molar-refractivity contribution < 1.29 is 14.3 Å². The Kier molecular flexibility index (Phi) is 7.68. The summed E-state index contributed by atoms with van der Waals surface area (Å²) in [5, 5.41) is 5.39. The molecule has 1 aromatic heterocycles. The Morgan fingerprint density at radius 2 is 1.93 bits per heavy atom. The number of carbonyl (C=O) groups is 2. The summed E-state index contributed by atoms with van der Waals surface area (Å²) in [5.74, 6) is 0.0363. The van der Waals surface area contributed by atoms with E-state index in [0.717, 1.165) is 17.7 Å². The maximum Gasteiger partial charge on any atom is 0.271 e. The van der Waals surface area contributed by atoms with Gasteiger partial charge in [-0.05, 0) is 43.5 Å². The van der Waals surface area contributed by atoms with Gasteiger partial charge in [-0.2, -0.15) is 0 Å². The summed E-state index contributed by atoms with van der Waals surface area (Å²) in [4.78, 5) is 32.2. The van der Waals surface area contributed by atoms with Crippen LogP contribution >= 0.6 is 0 Å². The first kappa shape index (κ1) is 21.1. The Balaban J connectivity index is 1.68. The Morgan fingerprint density at radius 3 is 2.57 bits per heavy atom. The third kappa shape index (κ3) is 6.50. The molecule has 0 saturated heterocycles. The molecule has 2 rings (SSSR count). The Morgan fingerprint density at radius 1 is 1.14 bits per heavy atom. The highest BCUT2D eigenvalue weighted by Crippen LogP contribution is 2.16. The van der Waals surface area contributed by atoms with Crippen LogP contribution in [-0.2, 0) is 11.2 Å². The van der Waals surface area contributed by atoms with E-state index in [9.17, 15) is 9.59 Å². The molecule has 0 aliphatic rings. The minimum absolute atomic E-state index is 0.104. The van der Waals surface area contributed by atoms with Gasteiger partial charge >= 0.3 is 0 Å². The highest BCUT2D eigenvalue weighted by molar-refractivity contribution is 5.91. The number of carbonyl (C=O) groups excluding carboxylic acids is 2. The van der Waals surface area contributed by atoms with Gasteiger partial charge in [0.25, 0.3) is 11.8 Å². The van der Waals surface area contributed by atoms with Crippen LogP contribution in [0, 0.1) is 13.8 Å². The van der Waals surface area contributed by atoms with Gasteiger partial charge in [-0.25, -0.2) is 4.98 Å². The van der Waals surface area contributed by atoms with Gasteiger partial charge in [0, 0.05) is 24.9 Å². The Hall–Kier alpha value is -3.22. The van der Waals surface area contributed by atoms with Gasteiger partial charge in [-0.1, -0.05) is 19.6 Å². The molecule has 0 radical (unpaired) electrons. The number of amides is 2. The number of ether oxygens (including phenoxy) is 1. The van der Waals surface area contributed by atoms with E-state index in [1.165, 1.54) is 11.8 Å². The molecule has 2 aromatic rings. The smallest absolute Gasteiger partial charge is 0.271 e. The van der Waals surface area contributed by atoms with Crippen LogP contribution in [0.25, 0.3) is 0 Å². The van der Waals surface area contributed by atoms with E-state index in [1.807, 2.05) is 39.0 Å². The molecule has 7 heteroatoms. The average molecular weight is 382 g/mol. The largest absolute Gasteiger partial charge is 0.484 e. The fourth-order valence-electron chi connectivity index (χ4n) is 2.32. The fraction of sp³-hybridized carbons (Fsp3) is 0.333. The van der Waals surface area contributed by atoms with Crippen molar-refractivity contribution in [1.82, 2.24) is 20.6 Å². The van der Waals surface area contributed by atoms with Crippen molar-refractivity contribution in [2.75, 3.05) is 13.2 Å². The van der Waals surface area contributed by atoms with Gasteiger partial charge in [-0.3, -0.25) is 14.6 Å². The average Bonchev–Trinajstić information content (AvgIpc) is 2.68. The molecule has 148 valence electrons. The predicted molar refractivity (Wildman–Crippen MR) is 107 cm³/mol. The topological polar surface area (TPSA) is 93.2 Å². The van der Waals surface area contributed by atoms with E-state index >= 15 is 0 Å². The van der Waals surface area contributed by atoms with Crippen LogP contribution in [0.5, 0.6) is 5.75 Å². The minimum Gasteiger partial charge on any atom is -0.484 e. The maximum atomic E-state index is 12.0. The summed E-state index contributed by atoms with van der Waals surface area (Å²) in [6, 6.07) is 5.67. The van der Waals surface area contributed by atoms with E-state index in [0.29, 0.717) is 24.4 Å². The lowest BCUT2D eigenvalue weighted by Gasteiger charge is -2.11. The normalized spacial score (nSPS) is 10.2. The highest BCUT2D eigenvalue weighted by atomic mass is 16.5. The minimum atomic E-state index is -0.313. The molecular formula is C21H26N4O3. The molecule has 7 nitrogen and oxygen atoms in total. The van der Waals surface area contributed by atoms with Gasteiger partial charge in [0.2, 0.25) is 0 Å². The molecule has 0 atom stereocenters. The molecule has 0 bridgehead atoms. The van der Waals surface area contributed by atoms with E-state index in [2.05, 4.69) is 27.2 Å². The summed E-state index contributed by atoms with van der Waals surface area (Å²) >= 11 is 0. The number of aromatic nitrogens is 2. The van der Waals surface area contributed by atoms with Gasteiger partial charge < -0.3 is 15.4 Å². The lowest BCUT2D eigenvalue weighted by Crippen LogP contribution is -2.31. The number of nitrogens with zero attached hydrogens (tertiary/aromatic N) is 2. The van der Waals surface area contributed by atoms with E-state index in [-0.39, 0.29) is 24.1 Å².